The summed E-state index contributed by atoms with van der Waals surface area (Å²) in [5.74, 6) is 0.119. The van der Waals surface area contributed by atoms with Crippen molar-refractivity contribution in [3.8, 4) is 0 Å². The lowest BCUT2D eigenvalue weighted by atomic mass is 10.0. The molecule has 0 aliphatic rings. The van der Waals surface area contributed by atoms with Gasteiger partial charge in [-0.05, 0) is 37.6 Å². The van der Waals surface area contributed by atoms with Gasteiger partial charge in [0.05, 0.1) is 0 Å². The van der Waals surface area contributed by atoms with E-state index >= 15 is 0 Å². The molecular formula is C11H11NO. The summed E-state index contributed by atoms with van der Waals surface area (Å²) in [6.45, 7) is 3.59. The normalized spacial score (nSPS) is 10.6. The van der Waals surface area contributed by atoms with Crippen LogP contribution in [0.5, 0.6) is 0 Å². The summed E-state index contributed by atoms with van der Waals surface area (Å²) < 4.78 is 0. The van der Waals surface area contributed by atoms with Crippen LogP contribution in [-0.2, 0) is 0 Å². The summed E-state index contributed by atoms with van der Waals surface area (Å²) >= 11 is 0. The van der Waals surface area contributed by atoms with Crippen molar-refractivity contribution in [3.63, 3.8) is 0 Å². The van der Waals surface area contributed by atoms with Crippen molar-refractivity contribution < 1.29 is 4.79 Å². The van der Waals surface area contributed by atoms with Gasteiger partial charge in [-0.3, -0.25) is 4.79 Å². The molecule has 2 nitrogen and oxygen atoms in total. The van der Waals surface area contributed by atoms with Crippen molar-refractivity contribution in [1.29, 1.82) is 0 Å². The van der Waals surface area contributed by atoms with Gasteiger partial charge in [-0.15, -0.1) is 0 Å². The van der Waals surface area contributed by atoms with Crippen LogP contribution in [0.2, 0.25) is 0 Å². The lowest BCUT2D eigenvalue weighted by Gasteiger charge is -2.00. The van der Waals surface area contributed by atoms with Gasteiger partial charge in [-0.1, -0.05) is 0 Å². The molecule has 0 radical (unpaired) electrons. The molecule has 2 heteroatoms. The molecule has 2 aromatic rings. The molecule has 0 saturated heterocycles. The number of rotatable bonds is 1. The lowest BCUT2D eigenvalue weighted by Crippen LogP contribution is -1.93. The van der Waals surface area contributed by atoms with E-state index in [4.69, 9.17) is 0 Å². The van der Waals surface area contributed by atoms with E-state index in [-0.39, 0.29) is 5.78 Å². The van der Waals surface area contributed by atoms with E-state index in [1.807, 2.05) is 31.3 Å². The Labute approximate surface area is 76.6 Å². The van der Waals surface area contributed by atoms with Crippen LogP contribution < -0.4 is 0 Å². The number of H-pyrrole nitrogens is 1. The molecule has 1 aromatic heterocycles. The number of Topliss-reactive ketones (excluding diaryl/α,β-unsaturated/α-hetero) is 1. The number of nitrogens with one attached hydrogen (secondary N) is 1. The first-order valence-corrected chi connectivity index (χ1v) is 4.27. The van der Waals surface area contributed by atoms with Gasteiger partial charge < -0.3 is 4.98 Å². The van der Waals surface area contributed by atoms with Crippen molar-refractivity contribution in [2.45, 2.75) is 13.8 Å². The lowest BCUT2D eigenvalue weighted by molar-refractivity contribution is 0.101. The molecule has 0 aliphatic heterocycles. The topological polar surface area (TPSA) is 32.9 Å². The predicted molar refractivity (Wildman–Crippen MR) is 53.0 cm³/mol. The zero-order chi connectivity index (χ0) is 9.42. The number of benzene rings is 1. The van der Waals surface area contributed by atoms with Crippen LogP contribution in [0.4, 0.5) is 0 Å². The zero-order valence-corrected chi connectivity index (χ0v) is 7.72. The zero-order valence-electron chi connectivity index (χ0n) is 7.72. The Hall–Kier alpha value is -1.57. The van der Waals surface area contributed by atoms with Crippen LogP contribution >= 0.6 is 0 Å². The summed E-state index contributed by atoms with van der Waals surface area (Å²) in [4.78, 5) is 14.4. The van der Waals surface area contributed by atoms with E-state index in [2.05, 4.69) is 4.98 Å². The highest BCUT2D eigenvalue weighted by Crippen LogP contribution is 2.20. The van der Waals surface area contributed by atoms with Gasteiger partial charge in [0.15, 0.2) is 5.78 Å². The maximum Gasteiger partial charge on any atom is 0.160 e. The summed E-state index contributed by atoms with van der Waals surface area (Å²) in [7, 11) is 0. The van der Waals surface area contributed by atoms with E-state index in [0.29, 0.717) is 0 Å². The van der Waals surface area contributed by atoms with Gasteiger partial charge in [0, 0.05) is 22.7 Å². The quantitative estimate of drug-likeness (QED) is 0.661. The van der Waals surface area contributed by atoms with E-state index in [9.17, 15) is 4.79 Å². The number of aromatic amines is 1. The Morgan fingerprint density at radius 2 is 2.15 bits per heavy atom. The molecule has 0 spiro atoms. The van der Waals surface area contributed by atoms with Crippen molar-refractivity contribution in [1.82, 2.24) is 4.98 Å². The third-order valence-corrected chi connectivity index (χ3v) is 2.19. The molecule has 1 N–H and O–H groups in total. The molecule has 1 heterocycles. The van der Waals surface area contributed by atoms with Crippen molar-refractivity contribution in [2.75, 3.05) is 0 Å². The molecule has 2 rings (SSSR count). The van der Waals surface area contributed by atoms with Crippen LogP contribution in [0.3, 0.4) is 0 Å². The number of carbonyl (C=O) groups is 1. The standard InChI is InChI=1S/C11H11NO/c1-7-5-10(8(2)13)9-3-4-12-11(9)6-7/h3-6,12H,1-2H3. The number of hydrogen-bond donors (Lipinski definition) is 1. The molecule has 66 valence electrons. The SMILES string of the molecule is CC(=O)c1cc(C)cc2[nH]ccc12. The minimum atomic E-state index is 0.119. The first kappa shape index (κ1) is 8.05. The third-order valence-electron chi connectivity index (χ3n) is 2.19. The van der Waals surface area contributed by atoms with Crippen molar-refractivity contribution in [3.05, 3.63) is 35.5 Å². The number of fused-ring (bicyclic) bond motifs is 1. The maximum absolute atomic E-state index is 11.3. The summed E-state index contributed by atoms with van der Waals surface area (Å²) in [5.41, 5.74) is 2.95. The third kappa shape index (κ3) is 1.24. The minimum Gasteiger partial charge on any atom is -0.361 e. The molecule has 0 saturated carbocycles. The van der Waals surface area contributed by atoms with E-state index in [1.165, 1.54) is 0 Å². The Morgan fingerprint density at radius 3 is 2.85 bits per heavy atom. The smallest absolute Gasteiger partial charge is 0.160 e. The van der Waals surface area contributed by atoms with Gasteiger partial charge in [-0.25, -0.2) is 0 Å². The molecule has 1 aromatic carbocycles. The summed E-state index contributed by atoms with van der Waals surface area (Å²) in [6.07, 6.45) is 1.86. The predicted octanol–water partition coefficient (Wildman–Crippen LogP) is 2.68. The number of ketones is 1. The average molecular weight is 173 g/mol. The number of aryl methyl sites for hydroxylation is 1. The average Bonchev–Trinajstić information content (AvgIpc) is 2.49. The fourth-order valence-corrected chi connectivity index (χ4v) is 1.60. The Balaban J connectivity index is 2.84. The Bertz CT molecular complexity index is 468. The van der Waals surface area contributed by atoms with Crippen LogP contribution in [0.25, 0.3) is 10.9 Å². The first-order valence-electron chi connectivity index (χ1n) is 4.27. The fraction of sp³-hybridized carbons (Fsp3) is 0.182. The van der Waals surface area contributed by atoms with Gasteiger partial charge in [0.25, 0.3) is 0 Å². The van der Waals surface area contributed by atoms with Crippen LogP contribution in [-0.4, -0.2) is 10.8 Å². The van der Waals surface area contributed by atoms with Crippen molar-refractivity contribution >= 4 is 16.7 Å². The first-order chi connectivity index (χ1) is 6.18. The van der Waals surface area contributed by atoms with Gasteiger partial charge in [0.2, 0.25) is 0 Å². The molecule has 13 heavy (non-hydrogen) atoms. The molecule has 0 bridgehead atoms. The van der Waals surface area contributed by atoms with Crippen LogP contribution in [0.15, 0.2) is 24.4 Å². The molecule has 0 aliphatic carbocycles. The summed E-state index contributed by atoms with van der Waals surface area (Å²) in [5, 5.41) is 1.01. The van der Waals surface area contributed by atoms with Crippen LogP contribution in [0.1, 0.15) is 22.8 Å². The number of carbonyl (C=O) groups excluding carboxylic acids is 1. The molecule has 0 fully saturated rings. The van der Waals surface area contributed by atoms with E-state index in [1.54, 1.807) is 6.92 Å². The molecule has 0 unspecified atom stereocenters. The molecular weight excluding hydrogens is 162 g/mol. The minimum absolute atomic E-state index is 0.119. The monoisotopic (exact) mass is 173 g/mol. The Kier molecular flexibility index (Phi) is 1.69. The van der Waals surface area contributed by atoms with E-state index < -0.39 is 0 Å². The number of aromatic nitrogens is 1. The largest absolute Gasteiger partial charge is 0.361 e. The second-order valence-corrected chi connectivity index (χ2v) is 3.31. The summed E-state index contributed by atoms with van der Waals surface area (Å²) in [6, 6.07) is 5.91. The molecule has 0 atom stereocenters. The van der Waals surface area contributed by atoms with E-state index in [0.717, 1.165) is 22.0 Å². The van der Waals surface area contributed by atoms with Crippen molar-refractivity contribution in [2.24, 2.45) is 0 Å². The fourth-order valence-electron chi connectivity index (χ4n) is 1.60. The Morgan fingerprint density at radius 1 is 1.38 bits per heavy atom. The maximum atomic E-state index is 11.3. The number of hydrogen-bond acceptors (Lipinski definition) is 1. The highest BCUT2D eigenvalue weighted by atomic mass is 16.1. The van der Waals surface area contributed by atoms with Gasteiger partial charge in [0.1, 0.15) is 0 Å². The van der Waals surface area contributed by atoms with Gasteiger partial charge >= 0.3 is 0 Å². The molecule has 0 amide bonds. The highest BCUT2D eigenvalue weighted by Gasteiger charge is 2.06. The second-order valence-electron chi connectivity index (χ2n) is 3.31. The second kappa shape index (κ2) is 2.73. The highest BCUT2D eigenvalue weighted by molar-refractivity contribution is 6.06. The van der Waals surface area contributed by atoms with Gasteiger partial charge in [-0.2, -0.15) is 0 Å². The van der Waals surface area contributed by atoms with Crippen LogP contribution in [0, 0.1) is 6.92 Å².